The zero-order chi connectivity index (χ0) is 21.4. The van der Waals surface area contributed by atoms with Crippen molar-refractivity contribution in [2.24, 2.45) is 13.0 Å². The van der Waals surface area contributed by atoms with Gasteiger partial charge in [0.1, 0.15) is 0 Å². The molecular formula is C23H30N4O3. The van der Waals surface area contributed by atoms with Crippen LogP contribution < -0.4 is 10.9 Å². The maximum absolute atomic E-state index is 13.0. The van der Waals surface area contributed by atoms with Crippen LogP contribution in [0.25, 0.3) is 10.9 Å². The van der Waals surface area contributed by atoms with Crippen LogP contribution in [-0.4, -0.2) is 33.5 Å². The van der Waals surface area contributed by atoms with Crippen LogP contribution in [0, 0.1) is 19.8 Å². The van der Waals surface area contributed by atoms with Crippen LogP contribution in [0.1, 0.15) is 53.0 Å². The highest BCUT2D eigenvalue weighted by molar-refractivity contribution is 6.07. The summed E-state index contributed by atoms with van der Waals surface area (Å²) in [5, 5.41) is 6.64. The van der Waals surface area contributed by atoms with E-state index in [2.05, 4.69) is 41.1 Å². The molecule has 0 spiro atoms. The third-order valence-corrected chi connectivity index (χ3v) is 6.59. The van der Waals surface area contributed by atoms with Crippen molar-refractivity contribution < 1.29 is 9.53 Å². The molecule has 1 aromatic carbocycles. The smallest absolute Gasteiger partial charge is 0.269 e. The number of aromatic nitrogens is 3. The molecule has 0 radical (unpaired) electrons. The molecule has 3 aromatic rings. The molecule has 1 atom stereocenters. The van der Waals surface area contributed by atoms with E-state index in [1.54, 1.807) is 11.7 Å². The summed E-state index contributed by atoms with van der Waals surface area (Å²) < 4.78 is 9.50. The largest absolute Gasteiger partial charge is 0.381 e. The van der Waals surface area contributed by atoms with Crippen LogP contribution in [-0.2, 0) is 18.3 Å². The molecule has 1 unspecified atom stereocenters. The van der Waals surface area contributed by atoms with Gasteiger partial charge in [-0.1, -0.05) is 6.07 Å². The summed E-state index contributed by atoms with van der Waals surface area (Å²) in [5.74, 6) is 0.404. The van der Waals surface area contributed by atoms with Gasteiger partial charge in [0.05, 0.1) is 12.1 Å². The third-order valence-electron chi connectivity index (χ3n) is 6.59. The predicted molar refractivity (Wildman–Crippen MR) is 117 cm³/mol. The first-order valence-electron chi connectivity index (χ1n) is 10.6. The number of ether oxygens (including phenoxy) is 1. The Hall–Kier alpha value is -2.80. The molecule has 3 heterocycles. The first-order chi connectivity index (χ1) is 14.4. The Morgan fingerprint density at radius 3 is 2.70 bits per heavy atom. The lowest BCUT2D eigenvalue weighted by atomic mass is 9.92. The van der Waals surface area contributed by atoms with Crippen molar-refractivity contribution >= 4 is 16.8 Å². The summed E-state index contributed by atoms with van der Waals surface area (Å²) in [6.45, 7) is 8.01. The number of carbonyl (C=O) groups excluding carboxylic acids is 1. The summed E-state index contributed by atoms with van der Waals surface area (Å²) in [5.41, 5.74) is 4.05. The fourth-order valence-electron chi connectivity index (χ4n) is 4.61. The van der Waals surface area contributed by atoms with E-state index in [1.807, 2.05) is 19.1 Å². The molecule has 160 valence electrons. The number of carbonyl (C=O) groups is 1. The molecule has 1 aliphatic heterocycles. The van der Waals surface area contributed by atoms with Crippen LogP contribution in [0.15, 0.2) is 29.2 Å². The summed E-state index contributed by atoms with van der Waals surface area (Å²) in [4.78, 5) is 25.1. The molecule has 2 aromatic heterocycles. The molecule has 1 amide bonds. The molecule has 2 N–H and O–H groups in total. The average Bonchev–Trinajstić information content (AvgIpc) is 3.22. The van der Waals surface area contributed by atoms with Crippen molar-refractivity contribution in [3.63, 3.8) is 0 Å². The van der Waals surface area contributed by atoms with Crippen molar-refractivity contribution in [2.75, 3.05) is 13.2 Å². The highest BCUT2D eigenvalue weighted by Gasteiger charge is 2.24. The number of nitrogens with zero attached hydrogens (tertiary/aromatic N) is 2. The Morgan fingerprint density at radius 1 is 1.30 bits per heavy atom. The standard InChI is InChI=1S/C23H30N4O3/c1-14-13-27(15(2)17-8-10-30-11-9-17)20-7-5-6-18(21(14)20)22(28)24-12-19-16(3)26(4)25-23(19)29/h5-7,13,15,17H,8-12H2,1-4H3,(H,24,28)(H,25,29). The number of aryl methyl sites for hydroxylation is 2. The summed E-state index contributed by atoms with van der Waals surface area (Å²) >= 11 is 0. The van der Waals surface area contributed by atoms with Crippen molar-refractivity contribution in [2.45, 2.75) is 46.2 Å². The number of hydrogen-bond acceptors (Lipinski definition) is 3. The van der Waals surface area contributed by atoms with Crippen LogP contribution in [0.3, 0.4) is 0 Å². The first kappa shape index (κ1) is 20.5. The molecule has 7 heteroatoms. The Bertz CT molecular complexity index is 1130. The lowest BCUT2D eigenvalue weighted by Gasteiger charge is -2.29. The second-order valence-electron chi connectivity index (χ2n) is 8.36. The van der Waals surface area contributed by atoms with Crippen LogP contribution in [0.2, 0.25) is 0 Å². The molecule has 1 saturated heterocycles. The topological polar surface area (TPSA) is 81.0 Å². The van der Waals surface area contributed by atoms with Gasteiger partial charge in [-0.3, -0.25) is 19.4 Å². The lowest BCUT2D eigenvalue weighted by molar-refractivity contribution is 0.0519. The van der Waals surface area contributed by atoms with Crippen LogP contribution in [0.5, 0.6) is 0 Å². The van der Waals surface area contributed by atoms with Crippen molar-refractivity contribution in [3.8, 4) is 0 Å². The van der Waals surface area contributed by atoms with Crippen LogP contribution in [0.4, 0.5) is 0 Å². The number of nitrogens with one attached hydrogen (secondary N) is 2. The fraction of sp³-hybridized carbons (Fsp3) is 0.478. The highest BCUT2D eigenvalue weighted by Crippen LogP contribution is 2.33. The van der Waals surface area contributed by atoms with E-state index in [-0.39, 0.29) is 18.0 Å². The quantitative estimate of drug-likeness (QED) is 0.678. The average molecular weight is 411 g/mol. The van der Waals surface area contributed by atoms with Gasteiger partial charge in [-0.2, -0.15) is 0 Å². The van der Waals surface area contributed by atoms with E-state index in [0.29, 0.717) is 23.1 Å². The molecular weight excluding hydrogens is 380 g/mol. The van der Waals surface area contributed by atoms with E-state index in [9.17, 15) is 9.59 Å². The fourth-order valence-corrected chi connectivity index (χ4v) is 4.61. The molecule has 1 aliphatic rings. The Morgan fingerprint density at radius 2 is 2.03 bits per heavy atom. The Kier molecular flexibility index (Phi) is 5.56. The van der Waals surface area contributed by atoms with Crippen molar-refractivity contribution in [3.05, 3.63) is 57.1 Å². The van der Waals surface area contributed by atoms with Gasteiger partial charge in [-0.15, -0.1) is 0 Å². The lowest BCUT2D eigenvalue weighted by Crippen LogP contribution is -2.26. The number of rotatable bonds is 5. The predicted octanol–water partition coefficient (Wildman–Crippen LogP) is 3.20. The van der Waals surface area contributed by atoms with Crippen LogP contribution >= 0.6 is 0 Å². The van der Waals surface area contributed by atoms with Gasteiger partial charge in [0.25, 0.3) is 11.5 Å². The minimum absolute atomic E-state index is 0.164. The minimum Gasteiger partial charge on any atom is -0.381 e. The number of H-pyrrole nitrogens is 1. The van der Waals surface area contributed by atoms with E-state index < -0.39 is 0 Å². The van der Waals surface area contributed by atoms with Gasteiger partial charge in [-0.25, -0.2) is 0 Å². The third kappa shape index (κ3) is 3.58. The van der Waals surface area contributed by atoms with E-state index >= 15 is 0 Å². The zero-order valence-corrected chi connectivity index (χ0v) is 18.1. The van der Waals surface area contributed by atoms with Gasteiger partial charge in [0.15, 0.2) is 0 Å². The zero-order valence-electron chi connectivity index (χ0n) is 18.1. The van der Waals surface area contributed by atoms with Gasteiger partial charge < -0.3 is 14.6 Å². The highest BCUT2D eigenvalue weighted by atomic mass is 16.5. The van der Waals surface area contributed by atoms with E-state index in [4.69, 9.17) is 4.74 Å². The second kappa shape index (κ2) is 8.14. The Balaban J connectivity index is 1.62. The maximum Gasteiger partial charge on any atom is 0.269 e. The van der Waals surface area contributed by atoms with Gasteiger partial charge in [0, 0.05) is 54.7 Å². The molecule has 7 nitrogen and oxygen atoms in total. The second-order valence-corrected chi connectivity index (χ2v) is 8.36. The first-order valence-corrected chi connectivity index (χ1v) is 10.6. The molecule has 0 saturated carbocycles. The van der Waals surface area contributed by atoms with Crippen molar-refractivity contribution in [1.29, 1.82) is 0 Å². The maximum atomic E-state index is 13.0. The molecule has 4 rings (SSSR count). The summed E-state index contributed by atoms with van der Waals surface area (Å²) in [7, 11) is 1.79. The van der Waals surface area contributed by atoms with Gasteiger partial charge >= 0.3 is 0 Å². The van der Waals surface area contributed by atoms with E-state index in [1.165, 1.54) is 0 Å². The number of benzene rings is 1. The van der Waals surface area contributed by atoms with Gasteiger partial charge in [0.2, 0.25) is 0 Å². The monoisotopic (exact) mass is 410 g/mol. The molecule has 1 fully saturated rings. The molecule has 30 heavy (non-hydrogen) atoms. The number of fused-ring (bicyclic) bond motifs is 1. The molecule has 0 bridgehead atoms. The van der Waals surface area contributed by atoms with E-state index in [0.717, 1.165) is 48.2 Å². The van der Waals surface area contributed by atoms with Crippen molar-refractivity contribution in [1.82, 2.24) is 19.7 Å². The SMILES string of the molecule is Cc1cn(C(C)C2CCOCC2)c2cccc(C(=O)NCc3c(C)n(C)[nH]c3=O)c12. The number of aromatic amines is 1. The molecule has 0 aliphatic carbocycles. The normalized spacial score (nSPS) is 16.1. The minimum atomic E-state index is -0.166. The van der Waals surface area contributed by atoms with Gasteiger partial charge in [-0.05, 0) is 57.2 Å². The number of amides is 1. The number of hydrogen-bond donors (Lipinski definition) is 2. The Labute approximate surface area is 176 Å². The summed E-state index contributed by atoms with van der Waals surface area (Å²) in [6, 6.07) is 6.22. The summed E-state index contributed by atoms with van der Waals surface area (Å²) in [6.07, 6.45) is 4.28.